The minimum absolute atomic E-state index is 0.0958. The number of carbonyl (C=O) groups excluding carboxylic acids is 1. The fourth-order valence-electron chi connectivity index (χ4n) is 4.15. The number of hydrogen-bond donors (Lipinski definition) is 2. The molecule has 5 aromatic rings. The number of fused-ring (bicyclic) bond motifs is 1. The third-order valence-electron chi connectivity index (χ3n) is 6.05. The maximum atomic E-state index is 13.2. The molecule has 0 atom stereocenters. The van der Waals surface area contributed by atoms with E-state index in [9.17, 15) is 4.79 Å². The third-order valence-corrected chi connectivity index (χ3v) is 6.23. The number of halogens is 1. The molecule has 0 fully saturated rings. The van der Waals surface area contributed by atoms with Crippen molar-refractivity contribution in [3.8, 4) is 23.1 Å². The van der Waals surface area contributed by atoms with Crippen LogP contribution >= 0.6 is 11.6 Å². The highest BCUT2D eigenvalue weighted by Crippen LogP contribution is 2.34. The predicted octanol–water partition coefficient (Wildman–Crippen LogP) is 7.26. The number of ether oxygens (including phenoxy) is 2. The van der Waals surface area contributed by atoms with Crippen LogP contribution in [0.3, 0.4) is 0 Å². The van der Waals surface area contributed by atoms with Crippen molar-refractivity contribution in [2.75, 3.05) is 17.7 Å². The Morgan fingerprint density at radius 2 is 1.79 bits per heavy atom. The minimum atomic E-state index is -0.395. The lowest BCUT2D eigenvalue weighted by atomic mass is 10.1. The smallest absolute Gasteiger partial charge is 0.324 e. The van der Waals surface area contributed by atoms with Gasteiger partial charge in [-0.25, -0.2) is 14.5 Å². The van der Waals surface area contributed by atoms with Crippen molar-refractivity contribution >= 4 is 39.9 Å². The first kappa shape index (κ1) is 26.0. The van der Waals surface area contributed by atoms with Crippen molar-refractivity contribution in [1.29, 1.82) is 0 Å². The van der Waals surface area contributed by atoms with E-state index in [4.69, 9.17) is 26.2 Å². The molecule has 5 rings (SSSR count). The summed E-state index contributed by atoms with van der Waals surface area (Å²) in [6.45, 7) is 2.14. The Hall–Kier alpha value is -4.63. The number of benzene rings is 3. The maximum absolute atomic E-state index is 13.2. The van der Waals surface area contributed by atoms with E-state index in [0.717, 1.165) is 47.2 Å². The van der Waals surface area contributed by atoms with Gasteiger partial charge in [0.2, 0.25) is 11.2 Å². The second kappa shape index (κ2) is 11.8. The molecule has 2 heterocycles. The lowest BCUT2D eigenvalue weighted by molar-refractivity contribution is 0.262. The van der Waals surface area contributed by atoms with Gasteiger partial charge in [0, 0.05) is 29.1 Å². The van der Waals surface area contributed by atoms with Crippen LogP contribution in [0, 0.1) is 0 Å². The second-order valence-corrected chi connectivity index (χ2v) is 9.07. The first-order chi connectivity index (χ1) is 19.0. The van der Waals surface area contributed by atoms with Crippen LogP contribution in [-0.4, -0.2) is 32.9 Å². The van der Waals surface area contributed by atoms with E-state index in [-0.39, 0.29) is 5.28 Å². The number of nitrogens with zero attached hydrogens (tertiary/aromatic N) is 4. The summed E-state index contributed by atoms with van der Waals surface area (Å²) in [5.74, 6) is 2.20. The zero-order chi connectivity index (χ0) is 27.2. The summed E-state index contributed by atoms with van der Waals surface area (Å²) >= 11 is 5.90. The largest absolute Gasteiger partial charge is 0.497 e. The van der Waals surface area contributed by atoms with Gasteiger partial charge in [-0.15, -0.1) is 0 Å². The number of unbranched alkanes of at least 4 members (excludes halogenated alkanes) is 1. The number of rotatable bonds is 9. The number of amides is 2. The molecule has 0 aliphatic carbocycles. The minimum Gasteiger partial charge on any atom is -0.497 e. The molecule has 0 radical (unpaired) electrons. The van der Waals surface area contributed by atoms with Crippen LogP contribution in [0.2, 0.25) is 5.28 Å². The molecule has 2 amide bonds. The van der Waals surface area contributed by atoms with Crippen LogP contribution in [0.25, 0.3) is 16.5 Å². The van der Waals surface area contributed by atoms with Gasteiger partial charge in [0.25, 0.3) is 0 Å². The van der Waals surface area contributed by atoms with E-state index >= 15 is 0 Å². The summed E-state index contributed by atoms with van der Waals surface area (Å²) in [4.78, 5) is 21.2. The Balaban J connectivity index is 1.40. The Morgan fingerprint density at radius 3 is 2.54 bits per heavy atom. The molecule has 0 aliphatic rings. The molecule has 2 aromatic heterocycles. The van der Waals surface area contributed by atoms with Crippen LogP contribution in [0.4, 0.5) is 16.3 Å². The number of nitrogens with one attached hydrogen (secondary N) is 2. The molecule has 0 unspecified atom stereocenters. The molecule has 9 nitrogen and oxygen atoms in total. The molecule has 39 heavy (non-hydrogen) atoms. The monoisotopic (exact) mass is 542 g/mol. The van der Waals surface area contributed by atoms with E-state index in [0.29, 0.717) is 23.1 Å². The van der Waals surface area contributed by atoms with Gasteiger partial charge in [-0.05, 0) is 60.8 Å². The molecule has 0 spiro atoms. The lowest BCUT2D eigenvalue weighted by Gasteiger charge is -2.14. The highest BCUT2D eigenvalue weighted by molar-refractivity contribution is 6.28. The van der Waals surface area contributed by atoms with Gasteiger partial charge >= 0.3 is 6.03 Å². The van der Waals surface area contributed by atoms with E-state index in [1.54, 1.807) is 30.0 Å². The Bertz CT molecular complexity index is 1600. The second-order valence-electron chi connectivity index (χ2n) is 8.74. The quantitative estimate of drug-likeness (QED) is 0.190. The zero-order valence-corrected chi connectivity index (χ0v) is 22.3. The number of urea groups is 1. The Morgan fingerprint density at radius 1 is 1.00 bits per heavy atom. The summed E-state index contributed by atoms with van der Waals surface area (Å²) in [5.41, 5.74) is 2.34. The molecule has 2 N–H and O–H groups in total. The SMILES string of the molecule is CCCCc1cc(NC(=O)Nc2ccc(Oc3ccnc(Cl)n3)c3ccccc23)n(-c2ccc(OC)cc2)n1. The summed E-state index contributed by atoms with van der Waals surface area (Å²) < 4.78 is 13.0. The summed E-state index contributed by atoms with van der Waals surface area (Å²) in [5, 5.41) is 12.4. The first-order valence-corrected chi connectivity index (χ1v) is 12.9. The molecule has 0 aliphatic heterocycles. The van der Waals surface area contributed by atoms with Crippen LogP contribution < -0.4 is 20.1 Å². The molecule has 3 aromatic carbocycles. The molecule has 198 valence electrons. The van der Waals surface area contributed by atoms with Crippen LogP contribution in [0.5, 0.6) is 17.4 Å². The number of methoxy groups -OCH3 is 1. The summed E-state index contributed by atoms with van der Waals surface area (Å²) in [6, 6.07) is 21.8. The molecule has 0 saturated heterocycles. The maximum Gasteiger partial charge on any atom is 0.324 e. The van der Waals surface area contributed by atoms with Crippen LogP contribution in [0.15, 0.2) is 79.0 Å². The fourth-order valence-corrected chi connectivity index (χ4v) is 4.29. The van der Waals surface area contributed by atoms with Gasteiger partial charge in [0.1, 0.15) is 17.3 Å². The van der Waals surface area contributed by atoms with E-state index in [2.05, 4.69) is 27.5 Å². The fraction of sp³-hybridized carbons (Fsp3) is 0.172. The summed E-state index contributed by atoms with van der Waals surface area (Å²) in [6.07, 6.45) is 4.40. The standard InChI is InChI=1S/C29H27ClN6O3/c1-3-4-7-19-18-26(36(35-19)20-10-12-21(38-2)13-11-20)33-29(37)32-24-14-15-25(23-9-6-5-8-22(23)24)39-27-16-17-31-28(30)34-27/h5-6,8-18H,3-4,7H2,1-2H3,(H2,32,33,37). The average molecular weight is 543 g/mol. The van der Waals surface area contributed by atoms with E-state index in [1.165, 1.54) is 6.20 Å². The number of anilines is 2. The molecule has 10 heteroatoms. The number of carbonyl (C=O) groups is 1. The number of hydrogen-bond acceptors (Lipinski definition) is 6. The predicted molar refractivity (Wildman–Crippen MR) is 152 cm³/mol. The highest BCUT2D eigenvalue weighted by atomic mass is 35.5. The molecule has 0 bridgehead atoms. The van der Waals surface area contributed by atoms with Gasteiger partial charge in [0.05, 0.1) is 24.2 Å². The van der Waals surface area contributed by atoms with E-state index in [1.807, 2.05) is 54.6 Å². The summed E-state index contributed by atoms with van der Waals surface area (Å²) in [7, 11) is 1.62. The molecule has 0 saturated carbocycles. The number of aromatic nitrogens is 4. The van der Waals surface area contributed by atoms with Crippen molar-refractivity contribution < 1.29 is 14.3 Å². The normalized spacial score (nSPS) is 10.8. The third kappa shape index (κ3) is 6.10. The van der Waals surface area contributed by atoms with Gasteiger partial charge in [-0.1, -0.05) is 37.6 Å². The van der Waals surface area contributed by atoms with Crippen molar-refractivity contribution in [1.82, 2.24) is 19.7 Å². The first-order valence-electron chi connectivity index (χ1n) is 12.5. The van der Waals surface area contributed by atoms with Gasteiger partial charge in [-0.2, -0.15) is 10.1 Å². The van der Waals surface area contributed by atoms with E-state index < -0.39 is 6.03 Å². The molecular weight excluding hydrogens is 516 g/mol. The van der Waals surface area contributed by atoms with Gasteiger partial charge in [-0.3, -0.25) is 5.32 Å². The topological polar surface area (TPSA) is 103 Å². The Kier molecular flexibility index (Phi) is 7.88. The van der Waals surface area contributed by atoms with Crippen molar-refractivity contribution in [2.45, 2.75) is 26.2 Å². The highest BCUT2D eigenvalue weighted by Gasteiger charge is 2.15. The lowest BCUT2D eigenvalue weighted by Crippen LogP contribution is -2.21. The van der Waals surface area contributed by atoms with Crippen LogP contribution in [-0.2, 0) is 6.42 Å². The molecular formula is C29H27ClN6O3. The number of aryl methyl sites for hydroxylation is 1. The van der Waals surface area contributed by atoms with Gasteiger partial charge in [0.15, 0.2) is 0 Å². The Labute approximate surface area is 230 Å². The van der Waals surface area contributed by atoms with Gasteiger partial charge < -0.3 is 14.8 Å². The van der Waals surface area contributed by atoms with Crippen molar-refractivity contribution in [3.63, 3.8) is 0 Å². The van der Waals surface area contributed by atoms with Crippen LogP contribution in [0.1, 0.15) is 25.5 Å². The average Bonchev–Trinajstić information content (AvgIpc) is 3.35. The zero-order valence-electron chi connectivity index (χ0n) is 21.5. The van der Waals surface area contributed by atoms with Crippen molar-refractivity contribution in [2.24, 2.45) is 0 Å². The van der Waals surface area contributed by atoms with Crippen molar-refractivity contribution in [3.05, 3.63) is 90.0 Å².